The molecule has 4 fully saturated rings. The molecule has 0 amide bonds. The minimum atomic E-state index is -3.50. The maximum atomic E-state index is 11.3. The fourth-order valence-electron chi connectivity index (χ4n) is 7.12. The van der Waals surface area contributed by atoms with Crippen LogP contribution >= 0.6 is 0 Å². The first kappa shape index (κ1) is 25.5. The van der Waals surface area contributed by atoms with Gasteiger partial charge in [-0.05, 0) is 69.3 Å². The molecule has 0 aromatic carbocycles. The Balaban J connectivity index is 0.984. The average Bonchev–Trinajstić information content (AvgIpc) is 3.62. The highest BCUT2D eigenvalue weighted by Crippen LogP contribution is 2.43. The molecular formula is C26H40N6O4S. The maximum absolute atomic E-state index is 11.3. The largest absolute Gasteiger partial charge is 0.381 e. The van der Waals surface area contributed by atoms with E-state index in [-0.39, 0.29) is 6.61 Å². The first-order valence-corrected chi connectivity index (χ1v) is 15.7. The summed E-state index contributed by atoms with van der Waals surface area (Å²) in [5.74, 6) is 2.34. The summed E-state index contributed by atoms with van der Waals surface area (Å²) >= 11 is 0. The second-order valence-corrected chi connectivity index (χ2v) is 13.6. The smallest absolute Gasteiger partial charge is 0.264 e. The fraction of sp³-hybridized carbons (Fsp3) is 0.808. The second kappa shape index (κ2) is 10.1. The zero-order chi connectivity index (χ0) is 25.6. The van der Waals surface area contributed by atoms with Gasteiger partial charge in [-0.3, -0.25) is 13.8 Å². The zero-order valence-electron chi connectivity index (χ0n) is 22.1. The van der Waals surface area contributed by atoms with E-state index >= 15 is 0 Å². The van der Waals surface area contributed by atoms with Gasteiger partial charge in [0.05, 0.1) is 25.1 Å². The van der Waals surface area contributed by atoms with E-state index in [2.05, 4.69) is 32.2 Å². The number of rotatable bonds is 7. The van der Waals surface area contributed by atoms with E-state index in [1.807, 2.05) is 11.6 Å². The number of nitrogens with zero attached hydrogens (tertiary/aromatic N) is 6. The fourth-order valence-corrected chi connectivity index (χ4v) is 7.44. The second-order valence-electron chi connectivity index (χ2n) is 12.0. The highest BCUT2D eigenvalue weighted by Gasteiger charge is 2.48. The third-order valence-corrected chi connectivity index (χ3v) is 9.95. The zero-order valence-corrected chi connectivity index (χ0v) is 22.9. The van der Waals surface area contributed by atoms with Crippen LogP contribution in [0, 0.1) is 5.41 Å². The summed E-state index contributed by atoms with van der Waals surface area (Å²) in [7, 11) is -1.61. The Morgan fingerprint density at radius 3 is 2.41 bits per heavy atom. The lowest BCUT2D eigenvalue weighted by Crippen LogP contribution is -2.60. The third kappa shape index (κ3) is 5.37. The summed E-state index contributed by atoms with van der Waals surface area (Å²) in [6.45, 7) is 4.32. The molecule has 37 heavy (non-hydrogen) atoms. The first-order chi connectivity index (χ1) is 17.8. The number of hydrogen-bond acceptors (Lipinski definition) is 8. The van der Waals surface area contributed by atoms with Crippen LogP contribution in [0.15, 0.2) is 12.4 Å². The van der Waals surface area contributed by atoms with Crippen molar-refractivity contribution < 1.29 is 17.3 Å². The molecule has 2 aliphatic heterocycles. The monoisotopic (exact) mass is 532 g/mol. The van der Waals surface area contributed by atoms with Crippen molar-refractivity contribution in [1.29, 1.82) is 0 Å². The molecule has 6 rings (SSSR count). The molecule has 2 saturated carbocycles. The summed E-state index contributed by atoms with van der Waals surface area (Å²) in [5.41, 5.74) is 1.85. The van der Waals surface area contributed by atoms with E-state index in [0.29, 0.717) is 29.1 Å². The molecular weight excluding hydrogens is 492 g/mol. The van der Waals surface area contributed by atoms with Crippen molar-refractivity contribution in [2.45, 2.75) is 88.3 Å². The standard InChI is InChI=1S/C26H40N6O4S/c1-30-24(15-36-37(2,33)34)28-29-25(30)20-5-3-19(4-6-20)21-13-27-32(14-21)23-9-7-22(8-10-23)31-16-26(17-31)11-12-35-18-26/h13-14,19-20,22-23H,3-12,15-18H2,1-2H3. The summed E-state index contributed by atoms with van der Waals surface area (Å²) in [5, 5.41) is 13.3. The molecule has 4 heterocycles. The SMILES string of the molecule is Cn1c(COS(C)(=O)=O)nnc1C1CCC(c2cnn(C3CCC(N4CC5(CCOC5)C4)CC3)c2)CC1. The predicted molar refractivity (Wildman–Crippen MR) is 138 cm³/mol. The Kier molecular flexibility index (Phi) is 6.92. The molecule has 2 aromatic heterocycles. The molecule has 0 bridgehead atoms. The van der Waals surface area contributed by atoms with E-state index in [1.54, 1.807) is 0 Å². The van der Waals surface area contributed by atoms with Crippen molar-refractivity contribution in [1.82, 2.24) is 29.4 Å². The van der Waals surface area contributed by atoms with Gasteiger partial charge in [-0.2, -0.15) is 13.5 Å². The van der Waals surface area contributed by atoms with Crippen molar-refractivity contribution in [3.05, 3.63) is 29.6 Å². The Morgan fingerprint density at radius 1 is 1.03 bits per heavy atom. The van der Waals surface area contributed by atoms with Gasteiger partial charge in [-0.1, -0.05) is 0 Å². The highest BCUT2D eigenvalue weighted by atomic mass is 32.2. The van der Waals surface area contributed by atoms with Crippen molar-refractivity contribution in [3.63, 3.8) is 0 Å². The van der Waals surface area contributed by atoms with Gasteiger partial charge in [0.2, 0.25) is 0 Å². The van der Waals surface area contributed by atoms with Crippen molar-refractivity contribution in [2.24, 2.45) is 12.5 Å². The molecule has 1 spiro atoms. The molecule has 204 valence electrons. The molecule has 0 unspecified atom stereocenters. The molecule has 10 nitrogen and oxygen atoms in total. The number of hydrogen-bond donors (Lipinski definition) is 0. The van der Waals surface area contributed by atoms with E-state index in [0.717, 1.165) is 57.0 Å². The Labute approximate surface area is 219 Å². The minimum absolute atomic E-state index is 0.0768. The molecule has 0 atom stereocenters. The molecule has 0 N–H and O–H groups in total. The molecule has 2 aliphatic carbocycles. The normalized spacial score (nSPS) is 30.5. The Hall–Kier alpha value is -1.82. The molecule has 2 saturated heterocycles. The van der Waals surface area contributed by atoms with E-state index in [9.17, 15) is 8.42 Å². The van der Waals surface area contributed by atoms with Crippen molar-refractivity contribution >= 4 is 10.1 Å². The van der Waals surface area contributed by atoms with Crippen LogP contribution in [0.2, 0.25) is 0 Å². The third-order valence-electron chi connectivity index (χ3n) is 9.40. The topological polar surface area (TPSA) is 104 Å². The summed E-state index contributed by atoms with van der Waals surface area (Å²) in [6.07, 6.45) is 16.0. The minimum Gasteiger partial charge on any atom is -0.381 e. The van der Waals surface area contributed by atoms with Gasteiger partial charge in [0.25, 0.3) is 10.1 Å². The Bertz CT molecular complexity index is 1180. The van der Waals surface area contributed by atoms with Crippen molar-refractivity contribution in [3.8, 4) is 0 Å². The first-order valence-electron chi connectivity index (χ1n) is 13.9. The lowest BCUT2D eigenvalue weighted by molar-refractivity contribution is -0.0475. The summed E-state index contributed by atoms with van der Waals surface area (Å²) in [4.78, 5) is 2.71. The van der Waals surface area contributed by atoms with Crippen LogP contribution in [0.25, 0.3) is 0 Å². The molecule has 11 heteroatoms. The van der Waals surface area contributed by atoms with Crippen LogP contribution in [0.4, 0.5) is 0 Å². The number of aromatic nitrogens is 5. The van der Waals surface area contributed by atoms with Crippen molar-refractivity contribution in [2.75, 3.05) is 32.6 Å². The van der Waals surface area contributed by atoms with Crippen LogP contribution in [0.3, 0.4) is 0 Å². The van der Waals surface area contributed by atoms with E-state index in [1.165, 1.54) is 50.8 Å². The lowest BCUT2D eigenvalue weighted by Gasteiger charge is -2.52. The highest BCUT2D eigenvalue weighted by molar-refractivity contribution is 7.85. The lowest BCUT2D eigenvalue weighted by atomic mass is 9.76. The molecule has 0 radical (unpaired) electrons. The van der Waals surface area contributed by atoms with Gasteiger partial charge < -0.3 is 9.30 Å². The molecule has 2 aromatic rings. The quantitative estimate of drug-likeness (QED) is 0.501. The van der Waals surface area contributed by atoms with E-state index < -0.39 is 10.1 Å². The van der Waals surface area contributed by atoms with Gasteiger partial charge in [0.15, 0.2) is 5.82 Å². The molecule has 4 aliphatic rings. The number of likely N-dealkylation sites (tertiary alicyclic amines) is 1. The summed E-state index contributed by atoms with van der Waals surface area (Å²) in [6, 6.07) is 1.27. The maximum Gasteiger partial charge on any atom is 0.264 e. The van der Waals surface area contributed by atoms with Gasteiger partial charge >= 0.3 is 0 Å². The predicted octanol–water partition coefficient (Wildman–Crippen LogP) is 3.14. The van der Waals surface area contributed by atoms with Gasteiger partial charge in [-0.15, -0.1) is 10.2 Å². The average molecular weight is 533 g/mol. The van der Waals surface area contributed by atoms with Crippen LogP contribution in [0.5, 0.6) is 0 Å². The van der Waals surface area contributed by atoms with E-state index in [4.69, 9.17) is 14.0 Å². The van der Waals surface area contributed by atoms with Crippen LogP contribution in [-0.2, 0) is 32.7 Å². The Morgan fingerprint density at radius 2 is 1.73 bits per heavy atom. The van der Waals surface area contributed by atoms with Crippen LogP contribution in [-0.4, -0.2) is 76.5 Å². The number of ether oxygens (including phenoxy) is 1. The van der Waals surface area contributed by atoms with Crippen LogP contribution in [0.1, 0.15) is 92.9 Å². The van der Waals surface area contributed by atoms with Crippen LogP contribution < -0.4 is 0 Å². The summed E-state index contributed by atoms with van der Waals surface area (Å²) < 4.78 is 37.3. The van der Waals surface area contributed by atoms with Gasteiger partial charge in [0, 0.05) is 50.3 Å². The van der Waals surface area contributed by atoms with Gasteiger partial charge in [-0.25, -0.2) is 0 Å². The van der Waals surface area contributed by atoms with Gasteiger partial charge in [0.1, 0.15) is 12.4 Å².